The van der Waals surface area contributed by atoms with E-state index in [1.165, 1.54) is 22.3 Å². The van der Waals surface area contributed by atoms with Gasteiger partial charge >= 0.3 is 0 Å². The SMILES string of the molecule is CCc1cc(-c2ccc(OCC=C(C)C)c(O)c2)c(CC)cc1-c1ccc(O)cc1. The zero-order chi connectivity index (χ0) is 21.7. The van der Waals surface area contributed by atoms with Crippen molar-refractivity contribution in [2.75, 3.05) is 6.61 Å². The van der Waals surface area contributed by atoms with E-state index in [0.29, 0.717) is 12.4 Å². The summed E-state index contributed by atoms with van der Waals surface area (Å²) in [4.78, 5) is 0. The number of aromatic hydroxyl groups is 2. The van der Waals surface area contributed by atoms with Crippen molar-refractivity contribution >= 4 is 0 Å². The number of ether oxygens (including phenoxy) is 1. The highest BCUT2D eigenvalue weighted by molar-refractivity contribution is 5.78. The lowest BCUT2D eigenvalue weighted by atomic mass is 9.89. The number of phenols is 2. The monoisotopic (exact) mass is 402 g/mol. The Hall–Kier alpha value is -3.20. The first-order valence-electron chi connectivity index (χ1n) is 10.5. The van der Waals surface area contributed by atoms with Crippen molar-refractivity contribution in [3.8, 4) is 39.5 Å². The summed E-state index contributed by atoms with van der Waals surface area (Å²) < 4.78 is 5.68. The van der Waals surface area contributed by atoms with E-state index in [0.717, 1.165) is 29.5 Å². The van der Waals surface area contributed by atoms with Crippen LogP contribution < -0.4 is 4.74 Å². The Morgan fingerprint density at radius 3 is 1.90 bits per heavy atom. The Balaban J connectivity index is 2.00. The van der Waals surface area contributed by atoms with Gasteiger partial charge in [-0.05, 0) is 90.4 Å². The number of phenolic OH excluding ortho intramolecular Hbond substituents is 2. The summed E-state index contributed by atoms with van der Waals surface area (Å²) in [5.74, 6) is 0.912. The molecule has 0 aromatic heterocycles. The molecule has 156 valence electrons. The highest BCUT2D eigenvalue weighted by atomic mass is 16.5. The summed E-state index contributed by atoms with van der Waals surface area (Å²) >= 11 is 0. The number of rotatable bonds is 7. The van der Waals surface area contributed by atoms with Crippen molar-refractivity contribution < 1.29 is 14.9 Å². The third-order valence-corrected chi connectivity index (χ3v) is 5.27. The van der Waals surface area contributed by atoms with Gasteiger partial charge < -0.3 is 14.9 Å². The van der Waals surface area contributed by atoms with Crippen LogP contribution in [-0.2, 0) is 12.8 Å². The van der Waals surface area contributed by atoms with Crippen molar-refractivity contribution in [1.82, 2.24) is 0 Å². The van der Waals surface area contributed by atoms with Crippen LogP contribution in [0, 0.1) is 0 Å². The first-order chi connectivity index (χ1) is 14.4. The molecule has 0 spiro atoms. The van der Waals surface area contributed by atoms with Crippen molar-refractivity contribution in [1.29, 1.82) is 0 Å². The predicted octanol–water partition coefficient (Wildman–Crippen LogP) is 6.90. The van der Waals surface area contributed by atoms with E-state index in [1.54, 1.807) is 18.2 Å². The third kappa shape index (κ3) is 4.85. The molecule has 0 atom stereocenters. The van der Waals surface area contributed by atoms with Crippen LogP contribution in [0.15, 0.2) is 66.2 Å². The van der Waals surface area contributed by atoms with Gasteiger partial charge in [-0.1, -0.05) is 49.8 Å². The first kappa shape index (κ1) is 21.5. The lowest BCUT2D eigenvalue weighted by Gasteiger charge is -2.17. The van der Waals surface area contributed by atoms with Gasteiger partial charge in [0.25, 0.3) is 0 Å². The molecule has 0 radical (unpaired) electrons. The molecule has 3 heteroatoms. The highest BCUT2D eigenvalue weighted by Gasteiger charge is 2.13. The van der Waals surface area contributed by atoms with Gasteiger partial charge in [0.15, 0.2) is 11.5 Å². The van der Waals surface area contributed by atoms with E-state index in [9.17, 15) is 10.2 Å². The second-order valence-electron chi connectivity index (χ2n) is 7.70. The predicted molar refractivity (Wildman–Crippen MR) is 124 cm³/mol. The topological polar surface area (TPSA) is 49.7 Å². The molecule has 0 saturated carbocycles. The van der Waals surface area contributed by atoms with Crippen LogP contribution in [0.4, 0.5) is 0 Å². The van der Waals surface area contributed by atoms with Crippen LogP contribution in [0.2, 0.25) is 0 Å². The maximum Gasteiger partial charge on any atom is 0.161 e. The van der Waals surface area contributed by atoms with Crippen molar-refractivity contribution in [3.05, 3.63) is 77.4 Å². The van der Waals surface area contributed by atoms with Gasteiger partial charge in [-0.3, -0.25) is 0 Å². The molecule has 0 fully saturated rings. The molecule has 0 aliphatic carbocycles. The van der Waals surface area contributed by atoms with Crippen LogP contribution in [0.5, 0.6) is 17.2 Å². The molecular weight excluding hydrogens is 372 g/mol. The Morgan fingerprint density at radius 2 is 1.37 bits per heavy atom. The zero-order valence-electron chi connectivity index (χ0n) is 18.2. The quantitative estimate of drug-likeness (QED) is 0.423. The van der Waals surface area contributed by atoms with Crippen LogP contribution in [0.1, 0.15) is 38.8 Å². The fourth-order valence-corrected chi connectivity index (χ4v) is 3.56. The molecule has 3 aromatic carbocycles. The maximum absolute atomic E-state index is 10.5. The molecule has 30 heavy (non-hydrogen) atoms. The van der Waals surface area contributed by atoms with Gasteiger partial charge in [0.2, 0.25) is 0 Å². The van der Waals surface area contributed by atoms with Crippen molar-refractivity contribution in [2.45, 2.75) is 40.5 Å². The molecule has 0 aliphatic heterocycles. The van der Waals surface area contributed by atoms with Gasteiger partial charge in [0.1, 0.15) is 12.4 Å². The van der Waals surface area contributed by atoms with Gasteiger partial charge in [-0.2, -0.15) is 0 Å². The average molecular weight is 403 g/mol. The highest BCUT2D eigenvalue weighted by Crippen LogP contribution is 2.37. The van der Waals surface area contributed by atoms with Crippen LogP contribution >= 0.6 is 0 Å². The molecule has 3 rings (SSSR count). The molecule has 0 aliphatic rings. The normalized spacial score (nSPS) is 10.7. The number of hydrogen-bond acceptors (Lipinski definition) is 3. The Kier molecular flexibility index (Phi) is 6.83. The molecule has 3 aromatic rings. The first-order valence-corrected chi connectivity index (χ1v) is 10.5. The lowest BCUT2D eigenvalue weighted by Crippen LogP contribution is -1.97. The Bertz CT molecular complexity index is 1040. The minimum absolute atomic E-state index is 0.150. The maximum atomic E-state index is 10.5. The Labute approximate surface area is 179 Å². The smallest absolute Gasteiger partial charge is 0.161 e. The second kappa shape index (κ2) is 9.53. The second-order valence-corrected chi connectivity index (χ2v) is 7.70. The van der Waals surface area contributed by atoms with E-state index in [2.05, 4.69) is 26.0 Å². The van der Waals surface area contributed by atoms with Crippen LogP contribution in [0.25, 0.3) is 22.3 Å². The minimum atomic E-state index is 0.150. The van der Waals surface area contributed by atoms with Gasteiger partial charge in [0, 0.05) is 0 Å². The molecule has 2 N–H and O–H groups in total. The fourth-order valence-electron chi connectivity index (χ4n) is 3.56. The van der Waals surface area contributed by atoms with E-state index in [1.807, 2.05) is 44.2 Å². The molecule has 0 saturated heterocycles. The molecular formula is C27H30O3. The standard InChI is InChI=1S/C27H30O3/c1-5-19-16-25(20(6-2)15-24(19)21-7-10-23(28)11-8-21)22-9-12-27(26(29)17-22)30-14-13-18(3)4/h7-13,15-17,28-29H,5-6,14H2,1-4H3. The van der Waals surface area contributed by atoms with E-state index < -0.39 is 0 Å². The van der Waals surface area contributed by atoms with Crippen molar-refractivity contribution in [2.24, 2.45) is 0 Å². The number of hydrogen-bond donors (Lipinski definition) is 2. The summed E-state index contributed by atoms with van der Waals surface area (Å²) in [6.07, 6.45) is 3.76. The van der Waals surface area contributed by atoms with Crippen molar-refractivity contribution in [3.63, 3.8) is 0 Å². The summed E-state index contributed by atoms with van der Waals surface area (Å²) in [7, 11) is 0. The fraction of sp³-hybridized carbons (Fsp3) is 0.259. The number of benzene rings is 3. The number of allylic oxidation sites excluding steroid dienone is 1. The summed E-state index contributed by atoms with van der Waals surface area (Å²) in [6, 6.07) is 17.4. The van der Waals surface area contributed by atoms with Gasteiger partial charge in [-0.25, -0.2) is 0 Å². The third-order valence-electron chi connectivity index (χ3n) is 5.27. The van der Waals surface area contributed by atoms with E-state index in [-0.39, 0.29) is 11.5 Å². The summed E-state index contributed by atoms with van der Waals surface area (Å²) in [5.41, 5.74) is 8.01. The van der Waals surface area contributed by atoms with E-state index in [4.69, 9.17) is 4.74 Å². The largest absolute Gasteiger partial charge is 0.508 e. The summed E-state index contributed by atoms with van der Waals surface area (Å²) in [5, 5.41) is 20.1. The van der Waals surface area contributed by atoms with E-state index >= 15 is 0 Å². The van der Waals surface area contributed by atoms with Crippen LogP contribution in [0.3, 0.4) is 0 Å². The molecule has 0 amide bonds. The van der Waals surface area contributed by atoms with Gasteiger partial charge in [-0.15, -0.1) is 0 Å². The lowest BCUT2D eigenvalue weighted by molar-refractivity contribution is 0.335. The van der Waals surface area contributed by atoms with Crippen LogP contribution in [-0.4, -0.2) is 16.8 Å². The molecule has 3 nitrogen and oxygen atoms in total. The summed E-state index contributed by atoms with van der Waals surface area (Å²) in [6.45, 7) is 8.77. The minimum Gasteiger partial charge on any atom is -0.508 e. The number of aryl methyl sites for hydroxylation is 2. The average Bonchev–Trinajstić information content (AvgIpc) is 2.74. The Morgan fingerprint density at radius 1 is 0.800 bits per heavy atom. The molecule has 0 heterocycles. The molecule has 0 unspecified atom stereocenters. The van der Waals surface area contributed by atoms with Gasteiger partial charge in [0.05, 0.1) is 0 Å². The zero-order valence-corrected chi connectivity index (χ0v) is 18.2. The molecule has 0 bridgehead atoms.